The average molecular weight is 257 g/mol. The molecule has 1 aliphatic carbocycles. The molecule has 98 valence electrons. The number of aromatic amines is 1. The van der Waals surface area contributed by atoms with Crippen LogP contribution in [0.15, 0.2) is 30.6 Å². The Kier molecular flexibility index (Phi) is 2.91. The van der Waals surface area contributed by atoms with Gasteiger partial charge in [0.1, 0.15) is 5.69 Å². The molecule has 0 saturated heterocycles. The van der Waals surface area contributed by atoms with Gasteiger partial charge in [0.2, 0.25) is 0 Å². The van der Waals surface area contributed by atoms with Gasteiger partial charge in [-0.3, -0.25) is 14.9 Å². The van der Waals surface area contributed by atoms with Gasteiger partial charge >= 0.3 is 0 Å². The highest BCUT2D eigenvalue weighted by atomic mass is 16.2. The summed E-state index contributed by atoms with van der Waals surface area (Å²) in [4.78, 5) is 18.5. The number of anilines is 1. The van der Waals surface area contributed by atoms with E-state index in [1.54, 1.807) is 6.20 Å². The van der Waals surface area contributed by atoms with E-state index in [0.717, 1.165) is 18.5 Å². The Morgan fingerprint density at radius 1 is 1.47 bits per heavy atom. The number of nitrogens with one attached hydrogen (secondary N) is 1. The van der Waals surface area contributed by atoms with Gasteiger partial charge in [0, 0.05) is 12.2 Å². The highest BCUT2D eigenvalue weighted by Gasteiger charge is 2.34. The second-order valence-electron chi connectivity index (χ2n) is 4.69. The van der Waals surface area contributed by atoms with Gasteiger partial charge in [-0.2, -0.15) is 5.10 Å². The lowest BCUT2D eigenvalue weighted by Crippen LogP contribution is -2.33. The van der Waals surface area contributed by atoms with Crippen LogP contribution in [0.3, 0.4) is 0 Å². The van der Waals surface area contributed by atoms with Gasteiger partial charge in [0.05, 0.1) is 24.1 Å². The van der Waals surface area contributed by atoms with E-state index in [2.05, 4.69) is 15.2 Å². The summed E-state index contributed by atoms with van der Waals surface area (Å²) >= 11 is 0. The Bertz CT molecular complexity index is 576. The number of nitrogens with zero attached hydrogens (tertiary/aromatic N) is 3. The third kappa shape index (κ3) is 2.42. The first kappa shape index (κ1) is 11.7. The van der Waals surface area contributed by atoms with Crippen molar-refractivity contribution in [2.75, 3.05) is 5.73 Å². The zero-order chi connectivity index (χ0) is 13.2. The molecule has 0 aromatic carbocycles. The third-order valence-corrected chi connectivity index (χ3v) is 3.19. The molecule has 2 aromatic rings. The number of carbonyl (C=O) groups excluding carboxylic acids is 1. The van der Waals surface area contributed by atoms with Crippen LogP contribution in [0.4, 0.5) is 5.69 Å². The van der Waals surface area contributed by atoms with Crippen LogP contribution in [-0.4, -0.2) is 32.0 Å². The first-order valence-corrected chi connectivity index (χ1v) is 6.25. The van der Waals surface area contributed by atoms with E-state index in [1.807, 2.05) is 23.1 Å². The van der Waals surface area contributed by atoms with E-state index >= 15 is 0 Å². The molecule has 3 rings (SSSR count). The molecule has 6 nitrogen and oxygen atoms in total. The molecule has 0 aliphatic heterocycles. The van der Waals surface area contributed by atoms with Crippen LogP contribution in [0.25, 0.3) is 0 Å². The van der Waals surface area contributed by atoms with E-state index < -0.39 is 0 Å². The minimum absolute atomic E-state index is 0.108. The van der Waals surface area contributed by atoms with Gasteiger partial charge in [0.25, 0.3) is 5.91 Å². The number of hydrogen-bond donors (Lipinski definition) is 2. The largest absolute Gasteiger partial charge is 0.396 e. The van der Waals surface area contributed by atoms with Crippen molar-refractivity contribution in [1.29, 1.82) is 0 Å². The van der Waals surface area contributed by atoms with E-state index in [0.29, 0.717) is 17.9 Å². The molecule has 0 unspecified atom stereocenters. The van der Waals surface area contributed by atoms with Gasteiger partial charge in [-0.1, -0.05) is 6.07 Å². The van der Waals surface area contributed by atoms with Gasteiger partial charge in [-0.05, 0) is 25.0 Å². The molecular formula is C13H15N5O. The summed E-state index contributed by atoms with van der Waals surface area (Å²) < 4.78 is 0. The van der Waals surface area contributed by atoms with Gasteiger partial charge in [0.15, 0.2) is 0 Å². The third-order valence-electron chi connectivity index (χ3n) is 3.19. The number of nitrogens with two attached hydrogens (primary N) is 1. The lowest BCUT2D eigenvalue weighted by atomic mass is 10.2. The second-order valence-corrected chi connectivity index (χ2v) is 4.69. The van der Waals surface area contributed by atoms with E-state index in [4.69, 9.17) is 5.73 Å². The maximum Gasteiger partial charge on any atom is 0.274 e. The Hall–Kier alpha value is -2.37. The standard InChI is InChI=1S/C13H15N5O/c14-11-7-16-17-12(11)13(19)18(10-4-5-10)8-9-3-1-2-6-15-9/h1-3,6-7,10H,4-5,8,14H2,(H,16,17). The zero-order valence-electron chi connectivity index (χ0n) is 10.4. The fraction of sp³-hybridized carbons (Fsp3) is 0.308. The smallest absolute Gasteiger partial charge is 0.274 e. The van der Waals surface area contributed by atoms with Crippen LogP contribution < -0.4 is 5.73 Å². The zero-order valence-corrected chi connectivity index (χ0v) is 10.4. The van der Waals surface area contributed by atoms with Gasteiger partial charge < -0.3 is 10.6 Å². The number of rotatable bonds is 4. The number of H-pyrrole nitrogens is 1. The molecule has 2 heterocycles. The van der Waals surface area contributed by atoms with Crippen LogP contribution in [0.2, 0.25) is 0 Å². The first-order chi connectivity index (χ1) is 9.25. The van der Waals surface area contributed by atoms with E-state index in [9.17, 15) is 4.79 Å². The first-order valence-electron chi connectivity index (χ1n) is 6.25. The van der Waals surface area contributed by atoms with Crippen LogP contribution in [-0.2, 0) is 6.54 Å². The number of pyridine rings is 1. The van der Waals surface area contributed by atoms with Crippen LogP contribution in [0.5, 0.6) is 0 Å². The topological polar surface area (TPSA) is 87.9 Å². The molecule has 0 atom stereocenters. The summed E-state index contributed by atoms with van der Waals surface area (Å²) in [6.07, 6.45) is 5.26. The molecule has 1 aliphatic rings. The molecule has 1 saturated carbocycles. The fourth-order valence-electron chi connectivity index (χ4n) is 2.03. The van der Waals surface area contributed by atoms with Crippen molar-refractivity contribution in [2.45, 2.75) is 25.4 Å². The number of aromatic nitrogens is 3. The number of nitrogen functional groups attached to an aromatic ring is 1. The minimum Gasteiger partial charge on any atom is -0.396 e. The number of amides is 1. The molecule has 2 aromatic heterocycles. The number of hydrogen-bond acceptors (Lipinski definition) is 4. The molecule has 6 heteroatoms. The second kappa shape index (κ2) is 4.72. The van der Waals surface area contributed by atoms with Crippen LogP contribution >= 0.6 is 0 Å². The van der Waals surface area contributed by atoms with Gasteiger partial charge in [-0.15, -0.1) is 0 Å². The monoisotopic (exact) mass is 257 g/mol. The average Bonchev–Trinajstić information content (AvgIpc) is 3.18. The SMILES string of the molecule is Nc1cn[nH]c1C(=O)N(Cc1ccccn1)C1CC1. The quantitative estimate of drug-likeness (QED) is 0.861. The Labute approximate surface area is 110 Å². The van der Waals surface area contributed by atoms with Gasteiger partial charge in [-0.25, -0.2) is 0 Å². The lowest BCUT2D eigenvalue weighted by Gasteiger charge is -2.21. The Morgan fingerprint density at radius 3 is 2.89 bits per heavy atom. The Balaban J connectivity index is 1.82. The summed E-state index contributed by atoms with van der Waals surface area (Å²) in [6.45, 7) is 0.503. The van der Waals surface area contributed by atoms with Crippen LogP contribution in [0, 0.1) is 0 Å². The molecular weight excluding hydrogens is 242 g/mol. The maximum absolute atomic E-state index is 12.5. The molecule has 0 radical (unpaired) electrons. The summed E-state index contributed by atoms with van der Waals surface area (Å²) in [5.41, 5.74) is 7.36. The predicted molar refractivity (Wildman–Crippen MR) is 70.1 cm³/mol. The molecule has 0 bridgehead atoms. The van der Waals surface area contributed by atoms with E-state index in [1.165, 1.54) is 6.20 Å². The highest BCUT2D eigenvalue weighted by Crippen LogP contribution is 2.30. The molecule has 0 spiro atoms. The van der Waals surface area contributed by atoms with Crippen molar-refractivity contribution in [3.63, 3.8) is 0 Å². The van der Waals surface area contributed by atoms with Crippen molar-refractivity contribution in [1.82, 2.24) is 20.1 Å². The molecule has 1 amide bonds. The summed E-state index contributed by atoms with van der Waals surface area (Å²) in [5.74, 6) is -0.108. The lowest BCUT2D eigenvalue weighted by molar-refractivity contribution is 0.0723. The minimum atomic E-state index is -0.108. The van der Waals surface area contributed by atoms with Crippen molar-refractivity contribution in [2.24, 2.45) is 0 Å². The fourth-order valence-corrected chi connectivity index (χ4v) is 2.03. The summed E-state index contributed by atoms with van der Waals surface area (Å²) in [7, 11) is 0. The van der Waals surface area contributed by atoms with Crippen molar-refractivity contribution < 1.29 is 4.79 Å². The highest BCUT2D eigenvalue weighted by molar-refractivity contribution is 5.97. The normalized spacial score (nSPS) is 14.3. The Morgan fingerprint density at radius 2 is 2.32 bits per heavy atom. The predicted octanol–water partition coefficient (Wildman–Crippen LogP) is 1.19. The summed E-state index contributed by atoms with van der Waals surface area (Å²) in [6, 6.07) is 5.98. The maximum atomic E-state index is 12.5. The van der Waals surface area contributed by atoms with Crippen molar-refractivity contribution in [3.05, 3.63) is 42.0 Å². The molecule has 3 N–H and O–H groups in total. The van der Waals surface area contributed by atoms with E-state index in [-0.39, 0.29) is 11.9 Å². The van der Waals surface area contributed by atoms with Crippen LogP contribution in [0.1, 0.15) is 29.0 Å². The number of carbonyl (C=O) groups is 1. The summed E-state index contributed by atoms with van der Waals surface area (Å²) in [5, 5.41) is 6.47. The molecule has 19 heavy (non-hydrogen) atoms. The van der Waals surface area contributed by atoms with Crippen molar-refractivity contribution >= 4 is 11.6 Å². The molecule has 1 fully saturated rings. The van der Waals surface area contributed by atoms with Crippen molar-refractivity contribution in [3.8, 4) is 0 Å².